The fourth-order valence-corrected chi connectivity index (χ4v) is 3.62. The third kappa shape index (κ3) is 4.33. The van der Waals surface area contributed by atoms with Crippen LogP contribution in [0.15, 0.2) is 60.9 Å². The first-order valence-electron chi connectivity index (χ1n) is 10.1. The number of carbonyl (C=O) groups excluding carboxylic acids is 1. The Morgan fingerprint density at radius 2 is 1.84 bits per heavy atom. The molecule has 158 valence electrons. The zero-order valence-corrected chi connectivity index (χ0v) is 17.8. The van der Waals surface area contributed by atoms with Crippen molar-refractivity contribution in [1.82, 2.24) is 24.5 Å². The van der Waals surface area contributed by atoms with E-state index < -0.39 is 0 Å². The van der Waals surface area contributed by atoms with E-state index in [1.54, 1.807) is 29.0 Å². The fourth-order valence-electron chi connectivity index (χ4n) is 3.45. The molecule has 3 aromatic heterocycles. The van der Waals surface area contributed by atoms with Gasteiger partial charge >= 0.3 is 0 Å². The van der Waals surface area contributed by atoms with Gasteiger partial charge in [-0.1, -0.05) is 29.7 Å². The predicted octanol–water partition coefficient (Wildman–Crippen LogP) is 3.32. The van der Waals surface area contributed by atoms with E-state index in [0.29, 0.717) is 48.4 Å². The van der Waals surface area contributed by atoms with Gasteiger partial charge in [-0.2, -0.15) is 5.10 Å². The first-order chi connectivity index (χ1) is 15.7. The fraction of sp³-hybridized carbons (Fsp3) is 0.167. The first kappa shape index (κ1) is 20.2. The lowest BCUT2D eigenvalue weighted by molar-refractivity contribution is 0.0303. The number of benzene rings is 1. The van der Waals surface area contributed by atoms with Crippen LogP contribution in [-0.2, 0) is 4.74 Å². The summed E-state index contributed by atoms with van der Waals surface area (Å²) in [6, 6.07) is 14.8. The standard InChI is InChI=1S/C24H18ClN5O2/c25-22-15-17(9-10-26-22)1-6-20-16-30-23(27-20)8-7-21(28-30)18-2-4-19(5-3-18)24(31)29-11-13-32-14-12-29/h2-5,7-10,15-16H,11-14H2. The average molecular weight is 444 g/mol. The van der Waals surface area contributed by atoms with Crippen molar-refractivity contribution in [3.05, 3.63) is 82.9 Å². The maximum atomic E-state index is 12.6. The van der Waals surface area contributed by atoms with Crippen LogP contribution in [0.25, 0.3) is 16.9 Å². The lowest BCUT2D eigenvalue weighted by atomic mass is 10.1. The summed E-state index contributed by atoms with van der Waals surface area (Å²) >= 11 is 5.90. The van der Waals surface area contributed by atoms with E-state index in [1.165, 1.54) is 0 Å². The van der Waals surface area contributed by atoms with Gasteiger partial charge in [-0.05, 0) is 42.3 Å². The number of hydrogen-bond donors (Lipinski definition) is 0. The van der Waals surface area contributed by atoms with Gasteiger partial charge in [0.2, 0.25) is 0 Å². The maximum Gasteiger partial charge on any atom is 0.254 e. The number of halogens is 1. The van der Waals surface area contributed by atoms with Gasteiger partial charge in [-0.25, -0.2) is 14.5 Å². The molecule has 1 saturated heterocycles. The third-order valence-corrected chi connectivity index (χ3v) is 5.31. The largest absolute Gasteiger partial charge is 0.378 e. The minimum atomic E-state index is 0.0246. The number of amides is 1. The number of ether oxygens (including phenoxy) is 1. The minimum absolute atomic E-state index is 0.0246. The molecule has 4 heterocycles. The topological polar surface area (TPSA) is 72.6 Å². The molecular weight excluding hydrogens is 426 g/mol. The van der Waals surface area contributed by atoms with E-state index in [1.807, 2.05) is 41.3 Å². The van der Waals surface area contributed by atoms with Gasteiger partial charge in [-0.3, -0.25) is 4.79 Å². The van der Waals surface area contributed by atoms with Crippen LogP contribution in [-0.4, -0.2) is 56.7 Å². The Labute approximate surface area is 189 Å². The summed E-state index contributed by atoms with van der Waals surface area (Å²) in [5.41, 5.74) is 4.42. The highest BCUT2D eigenvalue weighted by molar-refractivity contribution is 6.29. The third-order valence-electron chi connectivity index (χ3n) is 5.11. The maximum absolute atomic E-state index is 12.6. The van der Waals surface area contributed by atoms with Crippen molar-refractivity contribution in [1.29, 1.82) is 0 Å². The summed E-state index contributed by atoms with van der Waals surface area (Å²) in [7, 11) is 0. The lowest BCUT2D eigenvalue weighted by Gasteiger charge is -2.26. The molecule has 0 aliphatic carbocycles. The van der Waals surface area contributed by atoms with Crippen molar-refractivity contribution in [2.24, 2.45) is 0 Å². The van der Waals surface area contributed by atoms with E-state index in [2.05, 4.69) is 26.9 Å². The highest BCUT2D eigenvalue weighted by Gasteiger charge is 2.18. The summed E-state index contributed by atoms with van der Waals surface area (Å²) in [5.74, 6) is 6.08. The Hall–Kier alpha value is -3.73. The molecular formula is C24H18ClN5O2. The van der Waals surface area contributed by atoms with Gasteiger partial charge in [0.05, 0.1) is 25.1 Å². The van der Waals surface area contributed by atoms with Crippen LogP contribution >= 0.6 is 11.6 Å². The molecule has 0 radical (unpaired) electrons. The zero-order valence-electron chi connectivity index (χ0n) is 17.0. The summed E-state index contributed by atoms with van der Waals surface area (Å²) < 4.78 is 7.02. The molecule has 0 bridgehead atoms. The molecule has 7 nitrogen and oxygen atoms in total. The molecule has 5 rings (SSSR count). The summed E-state index contributed by atoms with van der Waals surface area (Å²) in [4.78, 5) is 22.9. The monoisotopic (exact) mass is 443 g/mol. The highest BCUT2D eigenvalue weighted by Crippen LogP contribution is 2.19. The molecule has 0 spiro atoms. The molecule has 0 N–H and O–H groups in total. The second kappa shape index (κ2) is 8.79. The predicted molar refractivity (Wildman–Crippen MR) is 120 cm³/mol. The molecule has 1 aromatic carbocycles. The number of carbonyl (C=O) groups is 1. The molecule has 1 amide bonds. The molecule has 1 fully saturated rings. The number of imidazole rings is 1. The second-order valence-electron chi connectivity index (χ2n) is 7.25. The van der Waals surface area contributed by atoms with Crippen molar-refractivity contribution in [3.8, 4) is 23.1 Å². The summed E-state index contributed by atoms with van der Waals surface area (Å²) in [5, 5.41) is 5.04. The first-order valence-corrected chi connectivity index (χ1v) is 10.5. The number of hydrogen-bond acceptors (Lipinski definition) is 5. The molecule has 4 aromatic rings. The van der Waals surface area contributed by atoms with Crippen molar-refractivity contribution < 1.29 is 9.53 Å². The highest BCUT2D eigenvalue weighted by atomic mass is 35.5. The molecule has 0 atom stereocenters. The Morgan fingerprint density at radius 1 is 1.03 bits per heavy atom. The normalized spacial score (nSPS) is 13.6. The molecule has 8 heteroatoms. The van der Waals surface area contributed by atoms with Crippen LogP contribution in [0, 0.1) is 11.8 Å². The quantitative estimate of drug-likeness (QED) is 0.351. The van der Waals surface area contributed by atoms with Crippen LogP contribution in [0.4, 0.5) is 0 Å². The van der Waals surface area contributed by atoms with E-state index in [-0.39, 0.29) is 5.91 Å². The van der Waals surface area contributed by atoms with Crippen LogP contribution < -0.4 is 0 Å². The van der Waals surface area contributed by atoms with E-state index in [0.717, 1.165) is 16.8 Å². The van der Waals surface area contributed by atoms with E-state index >= 15 is 0 Å². The molecule has 1 aliphatic rings. The van der Waals surface area contributed by atoms with Gasteiger partial charge in [-0.15, -0.1) is 0 Å². The number of morpholine rings is 1. The number of rotatable bonds is 2. The molecule has 32 heavy (non-hydrogen) atoms. The Bertz CT molecular complexity index is 1350. The smallest absolute Gasteiger partial charge is 0.254 e. The van der Waals surface area contributed by atoms with Crippen molar-refractivity contribution in [3.63, 3.8) is 0 Å². The van der Waals surface area contributed by atoms with E-state index in [9.17, 15) is 4.79 Å². The molecule has 0 unspecified atom stereocenters. The zero-order chi connectivity index (χ0) is 21.9. The molecule has 1 aliphatic heterocycles. The van der Waals surface area contributed by atoms with Gasteiger partial charge in [0.1, 0.15) is 10.8 Å². The number of aromatic nitrogens is 4. The van der Waals surface area contributed by atoms with Crippen LogP contribution in [0.2, 0.25) is 5.15 Å². The van der Waals surface area contributed by atoms with Crippen molar-refractivity contribution >= 4 is 23.2 Å². The van der Waals surface area contributed by atoms with Crippen molar-refractivity contribution in [2.45, 2.75) is 0 Å². The number of fused-ring (bicyclic) bond motifs is 1. The summed E-state index contributed by atoms with van der Waals surface area (Å²) in [6.45, 7) is 2.42. The summed E-state index contributed by atoms with van der Waals surface area (Å²) in [6.07, 6.45) is 3.40. The minimum Gasteiger partial charge on any atom is -0.378 e. The molecule has 0 saturated carbocycles. The lowest BCUT2D eigenvalue weighted by Crippen LogP contribution is -2.40. The van der Waals surface area contributed by atoms with Crippen molar-refractivity contribution in [2.75, 3.05) is 26.3 Å². The average Bonchev–Trinajstić information content (AvgIpc) is 3.25. The van der Waals surface area contributed by atoms with Gasteiger partial charge < -0.3 is 9.64 Å². The van der Waals surface area contributed by atoms with Gasteiger partial charge in [0.15, 0.2) is 5.65 Å². The van der Waals surface area contributed by atoms with Crippen LogP contribution in [0.5, 0.6) is 0 Å². The van der Waals surface area contributed by atoms with Gasteiger partial charge in [0.25, 0.3) is 5.91 Å². The number of pyridine rings is 1. The van der Waals surface area contributed by atoms with E-state index in [4.69, 9.17) is 16.3 Å². The van der Waals surface area contributed by atoms with Crippen LogP contribution in [0.3, 0.4) is 0 Å². The van der Waals surface area contributed by atoms with Crippen LogP contribution in [0.1, 0.15) is 21.6 Å². The Morgan fingerprint density at radius 3 is 2.62 bits per heavy atom. The Kier molecular flexibility index (Phi) is 5.55. The van der Waals surface area contributed by atoms with Gasteiger partial charge in [0, 0.05) is 36.0 Å². The Balaban J connectivity index is 1.36. The second-order valence-corrected chi connectivity index (χ2v) is 7.63. The SMILES string of the molecule is O=C(c1ccc(-c2ccc3nc(C#Cc4ccnc(Cl)c4)cn3n2)cc1)N1CCOCC1. The number of nitrogens with zero attached hydrogens (tertiary/aromatic N) is 5.